The summed E-state index contributed by atoms with van der Waals surface area (Å²) in [6.07, 6.45) is 4.26. The van der Waals surface area contributed by atoms with E-state index in [-0.39, 0.29) is 0 Å². The van der Waals surface area contributed by atoms with Crippen molar-refractivity contribution in [2.75, 3.05) is 25.5 Å². The molecule has 1 saturated carbocycles. The number of hydrogen-bond acceptors (Lipinski definition) is 4. The van der Waals surface area contributed by atoms with Crippen molar-refractivity contribution in [3.8, 4) is 5.75 Å². The monoisotopic (exact) mass is 257 g/mol. The molecule has 2 aromatic rings. The van der Waals surface area contributed by atoms with Gasteiger partial charge >= 0.3 is 0 Å². The summed E-state index contributed by atoms with van der Waals surface area (Å²) in [6, 6.07) is 8.05. The number of pyridine rings is 1. The highest BCUT2D eigenvalue weighted by atomic mass is 16.5. The van der Waals surface area contributed by atoms with E-state index in [1.165, 1.54) is 12.8 Å². The third kappa shape index (κ3) is 2.36. The van der Waals surface area contributed by atoms with Gasteiger partial charge in [0.15, 0.2) is 0 Å². The molecule has 0 unspecified atom stereocenters. The molecule has 100 valence electrons. The van der Waals surface area contributed by atoms with Crippen LogP contribution < -0.4 is 15.8 Å². The van der Waals surface area contributed by atoms with Crippen LogP contribution in [0.5, 0.6) is 5.75 Å². The van der Waals surface area contributed by atoms with Gasteiger partial charge in [-0.1, -0.05) is 6.07 Å². The summed E-state index contributed by atoms with van der Waals surface area (Å²) in [4.78, 5) is 4.44. The number of benzene rings is 1. The fourth-order valence-electron chi connectivity index (χ4n) is 2.32. The SMILES string of the molecule is COc1ccc2ccnc(NCC3(CN)CC3)c2c1. The summed E-state index contributed by atoms with van der Waals surface area (Å²) in [5.74, 6) is 1.76. The summed E-state index contributed by atoms with van der Waals surface area (Å²) >= 11 is 0. The summed E-state index contributed by atoms with van der Waals surface area (Å²) in [5, 5.41) is 5.70. The van der Waals surface area contributed by atoms with Gasteiger partial charge in [-0.05, 0) is 48.4 Å². The number of rotatable bonds is 5. The van der Waals surface area contributed by atoms with E-state index in [4.69, 9.17) is 10.5 Å². The first kappa shape index (κ1) is 12.2. The average molecular weight is 257 g/mol. The predicted octanol–water partition coefficient (Wildman–Crippen LogP) is 2.39. The highest BCUT2D eigenvalue weighted by molar-refractivity contribution is 5.92. The van der Waals surface area contributed by atoms with Gasteiger partial charge in [0.1, 0.15) is 11.6 Å². The Morgan fingerprint density at radius 1 is 1.37 bits per heavy atom. The summed E-state index contributed by atoms with van der Waals surface area (Å²) in [7, 11) is 1.68. The summed E-state index contributed by atoms with van der Waals surface area (Å²) in [6.45, 7) is 1.64. The number of fused-ring (bicyclic) bond motifs is 1. The number of nitrogens with one attached hydrogen (secondary N) is 1. The number of aromatic nitrogens is 1. The lowest BCUT2D eigenvalue weighted by molar-refractivity contribution is 0.415. The summed E-state index contributed by atoms with van der Waals surface area (Å²) in [5.41, 5.74) is 6.11. The van der Waals surface area contributed by atoms with E-state index in [1.807, 2.05) is 24.4 Å². The minimum atomic E-state index is 0.294. The molecule has 0 aliphatic heterocycles. The Kier molecular flexibility index (Phi) is 3.03. The smallest absolute Gasteiger partial charge is 0.133 e. The lowest BCUT2D eigenvalue weighted by Crippen LogP contribution is -2.24. The van der Waals surface area contributed by atoms with Crippen LogP contribution in [0.3, 0.4) is 0 Å². The first-order chi connectivity index (χ1) is 9.26. The molecule has 0 bridgehead atoms. The van der Waals surface area contributed by atoms with Crippen LogP contribution in [-0.2, 0) is 0 Å². The molecule has 0 amide bonds. The molecule has 1 aliphatic rings. The minimum absolute atomic E-state index is 0.294. The standard InChI is InChI=1S/C15H19N3O/c1-19-12-3-2-11-4-7-17-14(13(11)8-12)18-10-15(9-16)5-6-15/h2-4,7-8H,5-6,9-10,16H2,1H3,(H,17,18). The van der Waals surface area contributed by atoms with Gasteiger partial charge in [0, 0.05) is 18.1 Å². The Balaban J connectivity index is 1.89. The maximum absolute atomic E-state index is 5.81. The Labute approximate surface area is 113 Å². The zero-order valence-electron chi connectivity index (χ0n) is 11.1. The Morgan fingerprint density at radius 3 is 2.89 bits per heavy atom. The Bertz CT molecular complexity index is 593. The van der Waals surface area contributed by atoms with E-state index in [9.17, 15) is 0 Å². The van der Waals surface area contributed by atoms with Crippen LogP contribution in [0.2, 0.25) is 0 Å². The van der Waals surface area contributed by atoms with E-state index in [1.54, 1.807) is 7.11 Å². The van der Waals surface area contributed by atoms with Crippen LogP contribution in [-0.4, -0.2) is 25.2 Å². The van der Waals surface area contributed by atoms with Crippen molar-refractivity contribution in [3.63, 3.8) is 0 Å². The Morgan fingerprint density at radius 2 is 2.21 bits per heavy atom. The molecule has 19 heavy (non-hydrogen) atoms. The molecule has 0 atom stereocenters. The third-order valence-electron chi connectivity index (χ3n) is 3.99. The van der Waals surface area contributed by atoms with Crippen molar-refractivity contribution in [1.29, 1.82) is 0 Å². The number of methoxy groups -OCH3 is 1. The second-order valence-electron chi connectivity index (χ2n) is 5.30. The quantitative estimate of drug-likeness (QED) is 0.863. The number of nitrogens with two attached hydrogens (primary N) is 1. The zero-order chi connectivity index (χ0) is 13.3. The van der Waals surface area contributed by atoms with E-state index >= 15 is 0 Å². The molecule has 1 aliphatic carbocycles. The number of hydrogen-bond donors (Lipinski definition) is 2. The third-order valence-corrected chi connectivity index (χ3v) is 3.99. The van der Waals surface area contributed by atoms with Gasteiger partial charge in [-0.25, -0.2) is 4.98 Å². The lowest BCUT2D eigenvalue weighted by Gasteiger charge is -2.15. The Hall–Kier alpha value is -1.81. The highest BCUT2D eigenvalue weighted by Crippen LogP contribution is 2.44. The fourth-order valence-corrected chi connectivity index (χ4v) is 2.32. The second kappa shape index (κ2) is 4.70. The van der Waals surface area contributed by atoms with E-state index in [0.29, 0.717) is 5.41 Å². The molecule has 0 spiro atoms. The van der Waals surface area contributed by atoms with E-state index in [2.05, 4.69) is 16.4 Å². The molecule has 3 rings (SSSR count). The highest BCUT2D eigenvalue weighted by Gasteiger charge is 2.40. The molecular weight excluding hydrogens is 238 g/mol. The van der Waals surface area contributed by atoms with Crippen LogP contribution in [0.1, 0.15) is 12.8 Å². The van der Waals surface area contributed by atoms with Crippen molar-refractivity contribution in [3.05, 3.63) is 30.5 Å². The minimum Gasteiger partial charge on any atom is -0.497 e. The molecule has 1 aromatic heterocycles. The summed E-state index contributed by atoms with van der Waals surface area (Å²) < 4.78 is 5.28. The van der Waals surface area contributed by atoms with Crippen LogP contribution in [0.25, 0.3) is 10.8 Å². The van der Waals surface area contributed by atoms with Gasteiger partial charge in [0.2, 0.25) is 0 Å². The molecular formula is C15H19N3O. The number of nitrogens with zero attached hydrogens (tertiary/aromatic N) is 1. The van der Waals surface area contributed by atoms with Gasteiger partial charge in [-0.3, -0.25) is 0 Å². The van der Waals surface area contributed by atoms with Gasteiger partial charge < -0.3 is 15.8 Å². The van der Waals surface area contributed by atoms with Crippen molar-refractivity contribution >= 4 is 16.6 Å². The van der Waals surface area contributed by atoms with Crippen molar-refractivity contribution in [2.45, 2.75) is 12.8 Å². The molecule has 0 saturated heterocycles. The van der Waals surface area contributed by atoms with Gasteiger partial charge in [-0.15, -0.1) is 0 Å². The normalized spacial score (nSPS) is 16.3. The molecule has 0 radical (unpaired) electrons. The predicted molar refractivity (Wildman–Crippen MR) is 77.5 cm³/mol. The second-order valence-corrected chi connectivity index (χ2v) is 5.30. The van der Waals surface area contributed by atoms with Crippen LogP contribution in [0, 0.1) is 5.41 Å². The number of ether oxygens (including phenoxy) is 1. The van der Waals surface area contributed by atoms with Crippen LogP contribution in [0.15, 0.2) is 30.5 Å². The van der Waals surface area contributed by atoms with E-state index in [0.717, 1.165) is 35.4 Å². The maximum atomic E-state index is 5.81. The molecule has 4 heteroatoms. The van der Waals surface area contributed by atoms with Crippen LogP contribution in [0.4, 0.5) is 5.82 Å². The van der Waals surface area contributed by atoms with Crippen molar-refractivity contribution in [2.24, 2.45) is 11.1 Å². The zero-order valence-corrected chi connectivity index (χ0v) is 11.1. The lowest BCUT2D eigenvalue weighted by atomic mass is 10.1. The first-order valence-corrected chi connectivity index (χ1v) is 6.63. The first-order valence-electron chi connectivity index (χ1n) is 6.63. The number of anilines is 1. The van der Waals surface area contributed by atoms with Crippen molar-refractivity contribution < 1.29 is 4.74 Å². The van der Waals surface area contributed by atoms with Gasteiger partial charge in [-0.2, -0.15) is 0 Å². The molecule has 3 N–H and O–H groups in total. The molecule has 4 nitrogen and oxygen atoms in total. The molecule has 1 aromatic carbocycles. The topological polar surface area (TPSA) is 60.2 Å². The maximum Gasteiger partial charge on any atom is 0.133 e. The van der Waals surface area contributed by atoms with Gasteiger partial charge in [0.25, 0.3) is 0 Å². The largest absolute Gasteiger partial charge is 0.497 e. The van der Waals surface area contributed by atoms with Gasteiger partial charge in [0.05, 0.1) is 7.11 Å². The van der Waals surface area contributed by atoms with Crippen LogP contribution >= 0.6 is 0 Å². The average Bonchev–Trinajstić information content (AvgIpc) is 3.25. The molecule has 1 fully saturated rings. The molecule has 1 heterocycles. The van der Waals surface area contributed by atoms with E-state index < -0.39 is 0 Å². The van der Waals surface area contributed by atoms with Crippen molar-refractivity contribution in [1.82, 2.24) is 4.98 Å². The fraction of sp³-hybridized carbons (Fsp3) is 0.400.